The zero-order valence-corrected chi connectivity index (χ0v) is 15.2. The summed E-state index contributed by atoms with van der Waals surface area (Å²) in [4.78, 5) is 12.5. The Kier molecular flexibility index (Phi) is 6.20. The van der Waals surface area contributed by atoms with Crippen LogP contribution in [0.15, 0.2) is 23.1 Å². The smallest absolute Gasteiger partial charge is 0.243 e. The number of hydrogen-bond donors (Lipinski definition) is 3. The number of amides is 1. The molecule has 0 bridgehead atoms. The average Bonchev–Trinajstić information content (AvgIpc) is 3.10. The highest BCUT2D eigenvalue weighted by Gasteiger charge is 2.25. The van der Waals surface area contributed by atoms with Crippen molar-refractivity contribution in [2.45, 2.75) is 25.2 Å². The molecule has 1 amide bonds. The third-order valence-electron chi connectivity index (χ3n) is 4.29. The fourth-order valence-electron chi connectivity index (χ4n) is 2.83. The second-order valence-corrected chi connectivity index (χ2v) is 7.66. The lowest BCUT2D eigenvalue weighted by molar-refractivity contribution is -0.119. The van der Waals surface area contributed by atoms with Crippen LogP contribution >= 0.6 is 0 Å². The zero-order valence-electron chi connectivity index (χ0n) is 14.4. The quantitative estimate of drug-likeness (QED) is 0.687. The first-order valence-electron chi connectivity index (χ1n) is 8.27. The van der Waals surface area contributed by atoms with Crippen molar-refractivity contribution in [1.29, 1.82) is 0 Å². The molecule has 1 aromatic carbocycles. The molecule has 2 rings (SSSR count). The maximum atomic E-state index is 12.7. The normalized spacial score (nSPS) is 17.9. The molecule has 1 aromatic rings. The van der Waals surface area contributed by atoms with E-state index in [1.165, 1.54) is 10.4 Å². The van der Waals surface area contributed by atoms with Crippen LogP contribution in [0.4, 0.5) is 11.4 Å². The second-order valence-electron chi connectivity index (χ2n) is 5.73. The van der Waals surface area contributed by atoms with Crippen molar-refractivity contribution >= 4 is 27.3 Å². The van der Waals surface area contributed by atoms with Crippen LogP contribution in [0.25, 0.3) is 0 Å². The van der Waals surface area contributed by atoms with Crippen LogP contribution in [0, 0.1) is 5.92 Å². The van der Waals surface area contributed by atoms with Crippen molar-refractivity contribution in [1.82, 2.24) is 9.62 Å². The van der Waals surface area contributed by atoms with Crippen LogP contribution in [-0.4, -0.2) is 51.9 Å². The summed E-state index contributed by atoms with van der Waals surface area (Å²) in [6, 6.07) is 4.77. The standard InChI is InChI=1S/C16H26N4O3S/c1-4-20(5-2)24(22,23)13-6-7-14(17-3)15(10-13)19-16(21)12-8-9-18-11-12/h6-7,10,12,17-18H,4-5,8-9,11H2,1-3H3,(H,19,21). The summed E-state index contributed by atoms with van der Waals surface area (Å²) in [6.45, 7) is 5.90. The van der Waals surface area contributed by atoms with Crippen molar-refractivity contribution in [2.75, 3.05) is 43.9 Å². The first-order valence-corrected chi connectivity index (χ1v) is 9.71. The summed E-state index contributed by atoms with van der Waals surface area (Å²) < 4.78 is 26.7. The lowest BCUT2D eigenvalue weighted by Crippen LogP contribution is -2.31. The van der Waals surface area contributed by atoms with E-state index in [2.05, 4.69) is 16.0 Å². The van der Waals surface area contributed by atoms with E-state index in [1.807, 2.05) is 0 Å². The number of hydrogen-bond acceptors (Lipinski definition) is 5. The van der Waals surface area contributed by atoms with Gasteiger partial charge in [0.2, 0.25) is 15.9 Å². The molecular formula is C16H26N4O3S. The van der Waals surface area contributed by atoms with Crippen LogP contribution in [0.2, 0.25) is 0 Å². The first kappa shape index (κ1) is 18.7. The maximum absolute atomic E-state index is 12.7. The SMILES string of the molecule is CCN(CC)S(=O)(=O)c1ccc(NC)c(NC(=O)C2CCNC2)c1. The second kappa shape index (κ2) is 7.96. The molecule has 0 aromatic heterocycles. The molecule has 1 aliphatic heterocycles. The van der Waals surface area contributed by atoms with Crippen molar-refractivity contribution in [3.05, 3.63) is 18.2 Å². The fraction of sp³-hybridized carbons (Fsp3) is 0.562. The molecule has 0 radical (unpaired) electrons. The summed E-state index contributed by atoms with van der Waals surface area (Å²) >= 11 is 0. The summed E-state index contributed by atoms with van der Waals surface area (Å²) in [7, 11) is -1.82. The topological polar surface area (TPSA) is 90.5 Å². The molecule has 134 valence electrons. The number of carbonyl (C=O) groups is 1. The Labute approximate surface area is 143 Å². The molecule has 8 heteroatoms. The molecule has 7 nitrogen and oxygen atoms in total. The van der Waals surface area contributed by atoms with Crippen molar-refractivity contribution in [3.8, 4) is 0 Å². The Morgan fingerprint density at radius 1 is 1.29 bits per heavy atom. The van der Waals surface area contributed by atoms with Gasteiger partial charge in [-0.15, -0.1) is 0 Å². The monoisotopic (exact) mass is 354 g/mol. The number of rotatable bonds is 7. The molecule has 1 aliphatic rings. The van der Waals surface area contributed by atoms with Gasteiger partial charge in [0.15, 0.2) is 0 Å². The number of benzene rings is 1. The molecule has 3 N–H and O–H groups in total. The summed E-state index contributed by atoms with van der Waals surface area (Å²) in [5, 5.41) is 9.01. The molecule has 1 fully saturated rings. The Balaban J connectivity index is 2.31. The van der Waals surface area contributed by atoms with Gasteiger partial charge in [0, 0.05) is 26.7 Å². The minimum absolute atomic E-state index is 0.0854. The van der Waals surface area contributed by atoms with E-state index in [0.29, 0.717) is 31.0 Å². The van der Waals surface area contributed by atoms with Crippen LogP contribution in [-0.2, 0) is 14.8 Å². The lowest BCUT2D eigenvalue weighted by Gasteiger charge is -2.20. The Morgan fingerprint density at radius 2 is 2.00 bits per heavy atom. The highest BCUT2D eigenvalue weighted by Crippen LogP contribution is 2.27. The van der Waals surface area contributed by atoms with Gasteiger partial charge in [-0.1, -0.05) is 13.8 Å². The average molecular weight is 354 g/mol. The highest BCUT2D eigenvalue weighted by atomic mass is 32.2. The Morgan fingerprint density at radius 3 is 2.54 bits per heavy atom. The molecule has 1 saturated heterocycles. The number of sulfonamides is 1. The predicted octanol–water partition coefficient (Wildman–Crippen LogP) is 1.31. The van der Waals surface area contributed by atoms with E-state index in [1.54, 1.807) is 33.0 Å². The van der Waals surface area contributed by atoms with Crippen molar-refractivity contribution in [2.24, 2.45) is 5.92 Å². The lowest BCUT2D eigenvalue weighted by atomic mass is 10.1. The fourth-order valence-corrected chi connectivity index (χ4v) is 4.32. The van der Waals surface area contributed by atoms with Crippen LogP contribution in [0.5, 0.6) is 0 Å². The van der Waals surface area contributed by atoms with Gasteiger partial charge in [0.05, 0.1) is 22.2 Å². The van der Waals surface area contributed by atoms with E-state index in [9.17, 15) is 13.2 Å². The van der Waals surface area contributed by atoms with E-state index in [0.717, 1.165) is 13.0 Å². The molecule has 24 heavy (non-hydrogen) atoms. The van der Waals surface area contributed by atoms with Gasteiger partial charge in [0.25, 0.3) is 0 Å². The Bertz CT molecular complexity index is 681. The molecule has 0 saturated carbocycles. The first-order chi connectivity index (χ1) is 11.4. The number of anilines is 2. The number of nitrogens with one attached hydrogen (secondary N) is 3. The third kappa shape index (κ3) is 3.88. The van der Waals surface area contributed by atoms with Gasteiger partial charge in [-0.2, -0.15) is 4.31 Å². The zero-order chi connectivity index (χ0) is 17.7. The Hall–Kier alpha value is -1.64. The third-order valence-corrected chi connectivity index (χ3v) is 6.34. The molecular weight excluding hydrogens is 328 g/mol. The molecule has 1 heterocycles. The minimum atomic E-state index is -3.56. The largest absolute Gasteiger partial charge is 0.386 e. The number of nitrogens with zero attached hydrogens (tertiary/aromatic N) is 1. The van der Waals surface area contributed by atoms with E-state index in [4.69, 9.17) is 0 Å². The van der Waals surface area contributed by atoms with E-state index < -0.39 is 10.0 Å². The van der Waals surface area contributed by atoms with Crippen LogP contribution < -0.4 is 16.0 Å². The summed E-state index contributed by atoms with van der Waals surface area (Å²) in [5.74, 6) is -0.174. The van der Waals surface area contributed by atoms with Gasteiger partial charge in [-0.05, 0) is 31.2 Å². The van der Waals surface area contributed by atoms with Crippen molar-refractivity contribution < 1.29 is 13.2 Å². The maximum Gasteiger partial charge on any atom is 0.243 e. The van der Waals surface area contributed by atoms with E-state index in [-0.39, 0.29) is 16.7 Å². The van der Waals surface area contributed by atoms with Crippen molar-refractivity contribution in [3.63, 3.8) is 0 Å². The van der Waals surface area contributed by atoms with Gasteiger partial charge in [-0.25, -0.2) is 8.42 Å². The molecule has 0 aliphatic carbocycles. The summed E-state index contributed by atoms with van der Waals surface area (Å²) in [6.07, 6.45) is 0.790. The van der Waals surface area contributed by atoms with Crippen LogP contribution in [0.1, 0.15) is 20.3 Å². The summed E-state index contributed by atoms with van der Waals surface area (Å²) in [5.41, 5.74) is 1.18. The van der Waals surface area contributed by atoms with Gasteiger partial charge in [0.1, 0.15) is 0 Å². The van der Waals surface area contributed by atoms with Gasteiger partial charge in [-0.3, -0.25) is 4.79 Å². The van der Waals surface area contributed by atoms with E-state index >= 15 is 0 Å². The van der Waals surface area contributed by atoms with Gasteiger partial charge >= 0.3 is 0 Å². The molecule has 0 spiro atoms. The van der Waals surface area contributed by atoms with Gasteiger partial charge < -0.3 is 16.0 Å². The molecule has 1 unspecified atom stereocenters. The highest BCUT2D eigenvalue weighted by molar-refractivity contribution is 7.89. The minimum Gasteiger partial charge on any atom is -0.386 e. The number of carbonyl (C=O) groups excluding carboxylic acids is 1. The molecule has 1 atom stereocenters. The predicted molar refractivity (Wildman–Crippen MR) is 95.7 cm³/mol. The van der Waals surface area contributed by atoms with Crippen LogP contribution in [0.3, 0.4) is 0 Å².